The molecular formula is C18H17N2O7S-. The first kappa shape index (κ1) is 19.6. The van der Waals surface area contributed by atoms with Crippen molar-refractivity contribution in [1.29, 1.82) is 0 Å². The third kappa shape index (κ3) is 4.24. The van der Waals surface area contributed by atoms with Gasteiger partial charge in [-0.2, -0.15) is 0 Å². The molecule has 10 heteroatoms. The number of benzene rings is 2. The molecule has 1 amide bonds. The summed E-state index contributed by atoms with van der Waals surface area (Å²) in [6.07, 6.45) is 0. The first-order valence-electron chi connectivity index (χ1n) is 8.25. The van der Waals surface area contributed by atoms with Crippen LogP contribution in [0.5, 0.6) is 11.5 Å². The summed E-state index contributed by atoms with van der Waals surface area (Å²) in [5.41, 5.74) is 0.336. The first-order valence-corrected chi connectivity index (χ1v) is 9.73. The molecule has 2 aromatic carbocycles. The Kier molecular flexibility index (Phi) is 5.52. The number of ether oxygens (including phenoxy) is 2. The lowest BCUT2D eigenvalue weighted by Gasteiger charge is -2.26. The lowest BCUT2D eigenvalue weighted by atomic mass is 10.2. The fourth-order valence-corrected chi connectivity index (χ4v) is 3.59. The maximum Gasteiger partial charge on any atom is 0.264 e. The molecule has 1 aliphatic rings. The fraction of sp³-hybridized carbons (Fsp3) is 0.222. The Morgan fingerprint density at radius 2 is 2.07 bits per heavy atom. The minimum Gasteiger partial charge on any atom is -0.545 e. The van der Waals surface area contributed by atoms with Crippen molar-refractivity contribution in [2.75, 3.05) is 31.7 Å². The van der Waals surface area contributed by atoms with Crippen LogP contribution in [0.4, 0.5) is 5.69 Å². The van der Waals surface area contributed by atoms with Crippen molar-refractivity contribution >= 4 is 27.6 Å². The quantitative estimate of drug-likeness (QED) is 0.631. The number of hydrogen-bond acceptors (Lipinski definition) is 7. The van der Waals surface area contributed by atoms with Crippen LogP contribution in [-0.4, -0.2) is 47.1 Å². The van der Waals surface area contributed by atoms with E-state index in [2.05, 4.69) is 4.72 Å². The van der Waals surface area contributed by atoms with E-state index in [1.54, 1.807) is 13.1 Å². The predicted molar refractivity (Wildman–Crippen MR) is 96.8 cm³/mol. The van der Waals surface area contributed by atoms with Gasteiger partial charge in [-0.05, 0) is 30.3 Å². The number of sulfonamides is 1. The number of nitrogens with zero attached hydrogens (tertiary/aromatic N) is 1. The van der Waals surface area contributed by atoms with Crippen molar-refractivity contribution in [3.8, 4) is 11.5 Å². The van der Waals surface area contributed by atoms with E-state index in [1.807, 2.05) is 0 Å². The summed E-state index contributed by atoms with van der Waals surface area (Å²) in [6.45, 7) is -0.146. The van der Waals surface area contributed by atoms with E-state index in [0.717, 1.165) is 0 Å². The third-order valence-corrected chi connectivity index (χ3v) is 5.52. The lowest BCUT2D eigenvalue weighted by molar-refractivity contribution is -0.255. The van der Waals surface area contributed by atoms with Gasteiger partial charge < -0.3 is 24.3 Å². The molecule has 0 unspecified atom stereocenters. The number of amides is 1. The van der Waals surface area contributed by atoms with E-state index in [9.17, 15) is 23.1 Å². The number of likely N-dealkylation sites (N-methyl/N-ethyl adjacent to an activating group) is 1. The van der Waals surface area contributed by atoms with Gasteiger partial charge in [0.2, 0.25) is 10.0 Å². The molecule has 0 bridgehead atoms. The van der Waals surface area contributed by atoms with Gasteiger partial charge in [0.1, 0.15) is 18.1 Å². The van der Waals surface area contributed by atoms with Crippen LogP contribution in [0, 0.1) is 0 Å². The molecule has 1 heterocycles. The maximum atomic E-state index is 12.5. The summed E-state index contributed by atoms with van der Waals surface area (Å²) < 4.78 is 38.0. The number of carboxylic acid groups (broad SMARTS) is 1. The number of fused-ring (bicyclic) bond motifs is 1. The van der Waals surface area contributed by atoms with Crippen LogP contribution in [0.3, 0.4) is 0 Å². The summed E-state index contributed by atoms with van der Waals surface area (Å²) in [4.78, 5) is 23.9. The van der Waals surface area contributed by atoms with Crippen LogP contribution >= 0.6 is 0 Å². The number of nitrogens with one attached hydrogen (secondary N) is 1. The second-order valence-electron chi connectivity index (χ2n) is 5.93. The maximum absolute atomic E-state index is 12.5. The number of carboxylic acids is 1. The molecule has 0 radical (unpaired) electrons. The largest absolute Gasteiger partial charge is 0.545 e. The van der Waals surface area contributed by atoms with Gasteiger partial charge >= 0.3 is 0 Å². The van der Waals surface area contributed by atoms with Crippen molar-refractivity contribution < 1.29 is 32.6 Å². The molecule has 9 nitrogen and oxygen atoms in total. The lowest BCUT2D eigenvalue weighted by Crippen LogP contribution is -2.36. The molecule has 0 aliphatic carbocycles. The van der Waals surface area contributed by atoms with Gasteiger partial charge in [0.05, 0.1) is 16.6 Å². The summed E-state index contributed by atoms with van der Waals surface area (Å²) in [6, 6.07) is 9.95. The van der Waals surface area contributed by atoms with Gasteiger partial charge in [-0.1, -0.05) is 12.1 Å². The monoisotopic (exact) mass is 405 g/mol. The van der Waals surface area contributed by atoms with Crippen molar-refractivity contribution in [3.05, 3.63) is 48.0 Å². The topological polar surface area (TPSA) is 125 Å². The number of anilines is 1. The zero-order chi connectivity index (χ0) is 20.3. The smallest absolute Gasteiger partial charge is 0.264 e. The van der Waals surface area contributed by atoms with Gasteiger partial charge in [0.15, 0.2) is 6.61 Å². The molecule has 1 N–H and O–H groups in total. The highest BCUT2D eigenvalue weighted by atomic mass is 32.2. The predicted octanol–water partition coefficient (Wildman–Crippen LogP) is -0.237. The molecule has 0 saturated carbocycles. The molecule has 0 saturated heterocycles. The summed E-state index contributed by atoms with van der Waals surface area (Å²) in [5, 5.41) is 10.8. The van der Waals surface area contributed by atoms with Crippen LogP contribution in [0.15, 0.2) is 47.4 Å². The zero-order valence-corrected chi connectivity index (χ0v) is 15.7. The van der Waals surface area contributed by atoms with E-state index < -0.39 is 16.0 Å². The number of carbonyl (C=O) groups is 2. The fourth-order valence-electron chi connectivity index (χ4n) is 2.56. The second kappa shape index (κ2) is 7.87. The van der Waals surface area contributed by atoms with Gasteiger partial charge in [0.25, 0.3) is 5.91 Å². The van der Waals surface area contributed by atoms with E-state index in [0.29, 0.717) is 11.4 Å². The number of rotatable bonds is 7. The van der Waals surface area contributed by atoms with E-state index in [4.69, 9.17) is 9.47 Å². The zero-order valence-electron chi connectivity index (χ0n) is 14.9. The Morgan fingerprint density at radius 3 is 2.82 bits per heavy atom. The molecule has 0 fully saturated rings. The highest BCUT2D eigenvalue weighted by Crippen LogP contribution is 2.33. The van der Waals surface area contributed by atoms with Crippen molar-refractivity contribution in [2.24, 2.45) is 0 Å². The Balaban J connectivity index is 1.62. The van der Waals surface area contributed by atoms with Crippen molar-refractivity contribution in [3.63, 3.8) is 0 Å². The third-order valence-electron chi connectivity index (χ3n) is 4.06. The average Bonchev–Trinajstić information content (AvgIpc) is 2.68. The number of aromatic carboxylic acids is 1. The second-order valence-corrected chi connectivity index (χ2v) is 7.70. The van der Waals surface area contributed by atoms with Crippen molar-refractivity contribution in [2.45, 2.75) is 4.90 Å². The Bertz CT molecular complexity index is 1020. The normalized spacial score (nSPS) is 13.6. The van der Waals surface area contributed by atoms with Gasteiger partial charge in [0, 0.05) is 19.2 Å². The van der Waals surface area contributed by atoms with Crippen LogP contribution in [0.2, 0.25) is 0 Å². The Labute approximate surface area is 161 Å². The molecule has 3 rings (SSSR count). The highest BCUT2D eigenvalue weighted by Gasteiger charge is 2.25. The van der Waals surface area contributed by atoms with Crippen LogP contribution in [0.1, 0.15) is 10.4 Å². The van der Waals surface area contributed by atoms with Gasteiger partial charge in [-0.25, -0.2) is 13.1 Å². The summed E-state index contributed by atoms with van der Waals surface area (Å²) in [5.74, 6) is -0.891. The molecule has 0 atom stereocenters. The molecule has 28 heavy (non-hydrogen) atoms. The van der Waals surface area contributed by atoms with Crippen LogP contribution in [0.25, 0.3) is 0 Å². The molecule has 1 aliphatic heterocycles. The minimum atomic E-state index is -3.84. The average molecular weight is 405 g/mol. The Morgan fingerprint density at radius 1 is 1.29 bits per heavy atom. The standard InChI is InChI=1S/C18H18N2O7S/c1-20-15-10-14(5-6-16(15)27-11-17(20)21)28(24,25)19-7-8-26-13-4-2-3-12(9-13)18(22)23/h2-6,9-10,19H,7-8,11H2,1H3,(H,22,23)/p-1. The van der Waals surface area contributed by atoms with E-state index >= 15 is 0 Å². The molecule has 2 aromatic rings. The highest BCUT2D eigenvalue weighted by molar-refractivity contribution is 7.89. The SMILES string of the molecule is CN1C(=O)COc2ccc(S(=O)(=O)NCCOc3cccc(C(=O)[O-])c3)cc21. The summed E-state index contributed by atoms with van der Waals surface area (Å²) in [7, 11) is -2.29. The van der Waals surface area contributed by atoms with Crippen LogP contribution in [-0.2, 0) is 14.8 Å². The molecule has 0 aromatic heterocycles. The van der Waals surface area contributed by atoms with E-state index in [-0.39, 0.29) is 41.9 Å². The molecular weight excluding hydrogens is 388 g/mol. The Hall–Kier alpha value is -3.11. The molecule has 0 spiro atoms. The van der Waals surface area contributed by atoms with Crippen LogP contribution < -0.4 is 24.2 Å². The minimum absolute atomic E-state index is 0.0117. The van der Waals surface area contributed by atoms with E-state index in [1.165, 1.54) is 41.3 Å². The number of carbonyl (C=O) groups excluding carboxylic acids is 2. The van der Waals surface area contributed by atoms with Gasteiger partial charge in [-0.3, -0.25) is 4.79 Å². The van der Waals surface area contributed by atoms with Gasteiger partial charge in [-0.15, -0.1) is 0 Å². The molecule has 148 valence electrons. The number of hydrogen-bond donors (Lipinski definition) is 1. The first-order chi connectivity index (χ1) is 13.3. The van der Waals surface area contributed by atoms with Crippen molar-refractivity contribution in [1.82, 2.24) is 4.72 Å². The summed E-state index contributed by atoms with van der Waals surface area (Å²) >= 11 is 0.